The molecule has 0 spiro atoms. The Morgan fingerprint density at radius 3 is 2.71 bits per heavy atom. The van der Waals surface area contributed by atoms with Gasteiger partial charge in [0.15, 0.2) is 0 Å². The number of hydrogen-bond acceptors (Lipinski definition) is 5. The zero-order chi connectivity index (χ0) is 15.6. The first kappa shape index (κ1) is 15.7. The van der Waals surface area contributed by atoms with Crippen molar-refractivity contribution >= 4 is 27.3 Å². The summed E-state index contributed by atoms with van der Waals surface area (Å²) >= 11 is 1.04. The summed E-state index contributed by atoms with van der Waals surface area (Å²) in [7, 11) is -1.98. The minimum absolute atomic E-state index is 0.0838. The van der Waals surface area contributed by atoms with Crippen molar-refractivity contribution in [1.29, 1.82) is 0 Å². The first-order valence-electron chi connectivity index (χ1n) is 6.24. The Hall–Kier alpha value is -1.71. The maximum atomic E-state index is 12.1. The maximum absolute atomic E-state index is 12.1. The average molecular weight is 328 g/mol. The molecule has 2 aromatic heterocycles. The van der Waals surface area contributed by atoms with Crippen LogP contribution >= 0.6 is 11.3 Å². The van der Waals surface area contributed by atoms with Crippen LogP contribution in [0.4, 0.5) is 0 Å². The van der Waals surface area contributed by atoms with Gasteiger partial charge in [-0.05, 0) is 24.6 Å². The summed E-state index contributed by atoms with van der Waals surface area (Å²) in [6.07, 6.45) is 0.754. The predicted molar refractivity (Wildman–Crippen MR) is 79.4 cm³/mol. The first-order chi connectivity index (χ1) is 9.81. The van der Waals surface area contributed by atoms with E-state index >= 15 is 0 Å². The molecule has 2 heterocycles. The Labute approximate surface area is 126 Å². The van der Waals surface area contributed by atoms with Crippen molar-refractivity contribution in [3.05, 3.63) is 34.5 Å². The molecule has 0 atom stereocenters. The molecule has 0 aliphatic carbocycles. The molecule has 2 aromatic rings. The fourth-order valence-corrected chi connectivity index (χ4v) is 3.49. The molecular weight excluding hydrogens is 312 g/mol. The van der Waals surface area contributed by atoms with Gasteiger partial charge in [-0.25, -0.2) is 13.6 Å². The van der Waals surface area contributed by atoms with Gasteiger partial charge in [0, 0.05) is 11.9 Å². The van der Waals surface area contributed by atoms with Crippen molar-refractivity contribution in [2.75, 3.05) is 0 Å². The van der Waals surface area contributed by atoms with Gasteiger partial charge in [-0.3, -0.25) is 9.48 Å². The van der Waals surface area contributed by atoms with Gasteiger partial charge in [-0.1, -0.05) is 6.92 Å². The monoisotopic (exact) mass is 328 g/mol. The normalized spacial score (nSPS) is 11.6. The van der Waals surface area contributed by atoms with Crippen LogP contribution in [-0.4, -0.2) is 24.1 Å². The minimum atomic E-state index is -3.69. The lowest BCUT2D eigenvalue weighted by Gasteiger charge is -2.03. The summed E-state index contributed by atoms with van der Waals surface area (Å²) in [5.74, 6) is -0.254. The van der Waals surface area contributed by atoms with Gasteiger partial charge in [-0.2, -0.15) is 5.10 Å². The molecule has 3 N–H and O–H groups in total. The van der Waals surface area contributed by atoms with Crippen LogP contribution in [0.5, 0.6) is 0 Å². The summed E-state index contributed by atoms with van der Waals surface area (Å²) in [6.45, 7) is 2.20. The lowest BCUT2D eigenvalue weighted by molar-refractivity contribution is 0.0942. The van der Waals surface area contributed by atoms with Crippen molar-refractivity contribution in [3.63, 3.8) is 0 Å². The number of aromatic nitrogens is 2. The maximum Gasteiger partial charge on any atom is 0.269 e. The first-order valence-corrected chi connectivity index (χ1v) is 8.60. The fourth-order valence-electron chi connectivity index (χ4n) is 1.78. The summed E-state index contributed by atoms with van der Waals surface area (Å²) in [5.41, 5.74) is 1.31. The average Bonchev–Trinajstić information content (AvgIpc) is 3.01. The number of carbonyl (C=O) groups is 1. The molecule has 21 heavy (non-hydrogen) atoms. The molecule has 2 rings (SSSR count). The highest BCUT2D eigenvalue weighted by atomic mass is 32.2. The van der Waals surface area contributed by atoms with Gasteiger partial charge in [-0.15, -0.1) is 11.3 Å². The third-order valence-corrected chi connectivity index (χ3v) is 5.39. The summed E-state index contributed by atoms with van der Waals surface area (Å²) < 4.78 is 24.0. The van der Waals surface area contributed by atoms with Crippen LogP contribution in [-0.2, 0) is 30.0 Å². The Morgan fingerprint density at radius 2 is 2.19 bits per heavy atom. The minimum Gasteiger partial charge on any atom is -0.346 e. The van der Waals surface area contributed by atoms with Crippen molar-refractivity contribution in [3.8, 4) is 0 Å². The van der Waals surface area contributed by atoms with E-state index in [4.69, 9.17) is 5.14 Å². The van der Waals surface area contributed by atoms with Crippen LogP contribution < -0.4 is 10.5 Å². The van der Waals surface area contributed by atoms with E-state index in [0.717, 1.165) is 23.5 Å². The van der Waals surface area contributed by atoms with Gasteiger partial charge < -0.3 is 5.32 Å². The molecule has 0 saturated carbocycles. The second-order valence-corrected chi connectivity index (χ2v) is 7.40. The number of nitrogens with zero attached hydrogens (tertiary/aromatic N) is 2. The van der Waals surface area contributed by atoms with E-state index in [-0.39, 0.29) is 16.7 Å². The molecule has 0 aromatic carbocycles. The molecule has 0 radical (unpaired) electrons. The van der Waals surface area contributed by atoms with Crippen molar-refractivity contribution in [2.45, 2.75) is 24.1 Å². The zero-order valence-electron chi connectivity index (χ0n) is 11.7. The number of rotatable bonds is 5. The number of amides is 1. The smallest absolute Gasteiger partial charge is 0.269 e. The second-order valence-electron chi connectivity index (χ2n) is 4.45. The molecule has 0 fully saturated rings. The third kappa shape index (κ3) is 3.69. The molecule has 1 amide bonds. The standard InChI is InChI=1S/C12H16N4O3S2/c1-3-8-6-10(16(2)15-8)12(17)14-7-9-4-5-11(20-9)21(13,18)19/h4-6H,3,7H2,1-2H3,(H,14,17)(H2,13,18,19). The highest BCUT2D eigenvalue weighted by Crippen LogP contribution is 2.20. The van der Waals surface area contributed by atoms with E-state index in [1.807, 2.05) is 6.92 Å². The number of aryl methyl sites for hydroxylation is 2. The number of hydrogen-bond donors (Lipinski definition) is 2. The van der Waals surface area contributed by atoms with Gasteiger partial charge in [0.1, 0.15) is 9.90 Å². The summed E-state index contributed by atoms with van der Waals surface area (Å²) in [5, 5.41) is 12.0. The topological polar surface area (TPSA) is 107 Å². The molecule has 0 aliphatic heterocycles. The van der Waals surface area contributed by atoms with Crippen LogP contribution in [0, 0.1) is 0 Å². The molecule has 114 valence electrons. The molecule has 0 unspecified atom stereocenters. The molecule has 0 aliphatic rings. The van der Waals surface area contributed by atoms with E-state index in [0.29, 0.717) is 10.6 Å². The van der Waals surface area contributed by atoms with Gasteiger partial charge in [0.25, 0.3) is 5.91 Å². The zero-order valence-corrected chi connectivity index (χ0v) is 13.3. The highest BCUT2D eigenvalue weighted by Gasteiger charge is 2.14. The SMILES string of the molecule is CCc1cc(C(=O)NCc2ccc(S(N)(=O)=O)s2)n(C)n1. The van der Waals surface area contributed by atoms with Crippen molar-refractivity contribution in [1.82, 2.24) is 15.1 Å². The third-order valence-electron chi connectivity index (χ3n) is 2.87. The van der Waals surface area contributed by atoms with Crippen molar-refractivity contribution < 1.29 is 13.2 Å². The summed E-state index contributed by atoms with van der Waals surface area (Å²) in [6, 6.07) is 4.80. The van der Waals surface area contributed by atoms with E-state index < -0.39 is 10.0 Å². The number of nitrogens with two attached hydrogens (primary N) is 1. The Morgan fingerprint density at radius 1 is 1.48 bits per heavy atom. The van der Waals surface area contributed by atoms with Crippen LogP contribution in [0.3, 0.4) is 0 Å². The molecule has 0 bridgehead atoms. The number of sulfonamides is 1. The van der Waals surface area contributed by atoms with E-state index in [1.54, 1.807) is 19.2 Å². The predicted octanol–water partition coefficient (Wildman–Crippen LogP) is 0.621. The molecule has 7 nitrogen and oxygen atoms in total. The largest absolute Gasteiger partial charge is 0.346 e. The van der Waals surface area contributed by atoms with Gasteiger partial charge >= 0.3 is 0 Å². The number of nitrogens with one attached hydrogen (secondary N) is 1. The van der Waals surface area contributed by atoms with Crippen molar-refractivity contribution in [2.24, 2.45) is 12.2 Å². The summed E-state index contributed by atoms with van der Waals surface area (Å²) in [4.78, 5) is 12.8. The molecular formula is C12H16N4O3S2. The Bertz CT molecular complexity index is 761. The lowest BCUT2D eigenvalue weighted by atomic mass is 10.3. The second kappa shape index (κ2) is 5.96. The van der Waals surface area contributed by atoms with Crippen LogP contribution in [0.2, 0.25) is 0 Å². The Balaban J connectivity index is 2.04. The van der Waals surface area contributed by atoms with Crippen LogP contribution in [0.1, 0.15) is 28.0 Å². The number of carbonyl (C=O) groups excluding carboxylic acids is 1. The van der Waals surface area contributed by atoms with E-state index in [2.05, 4.69) is 10.4 Å². The van der Waals surface area contributed by atoms with Gasteiger partial charge in [0.2, 0.25) is 10.0 Å². The van der Waals surface area contributed by atoms with Crippen LogP contribution in [0.25, 0.3) is 0 Å². The number of thiophene rings is 1. The number of primary sulfonamides is 1. The lowest BCUT2D eigenvalue weighted by Crippen LogP contribution is -2.24. The van der Waals surface area contributed by atoms with Crippen LogP contribution in [0.15, 0.2) is 22.4 Å². The molecule has 9 heteroatoms. The molecule has 0 saturated heterocycles. The van der Waals surface area contributed by atoms with Gasteiger partial charge in [0.05, 0.1) is 12.2 Å². The van der Waals surface area contributed by atoms with E-state index in [1.165, 1.54) is 10.7 Å². The fraction of sp³-hybridized carbons (Fsp3) is 0.333. The van der Waals surface area contributed by atoms with E-state index in [9.17, 15) is 13.2 Å². The highest BCUT2D eigenvalue weighted by molar-refractivity contribution is 7.91. The Kier molecular flexibility index (Phi) is 4.45. The quantitative estimate of drug-likeness (QED) is 0.839.